The molecule has 16 heavy (non-hydrogen) atoms. The number of rotatable bonds is 1. The molecule has 0 bridgehead atoms. The second-order valence-corrected chi connectivity index (χ2v) is 6.39. The van der Waals surface area contributed by atoms with Crippen molar-refractivity contribution in [3.63, 3.8) is 0 Å². The lowest BCUT2D eigenvalue weighted by Crippen LogP contribution is -2.51. The molecule has 3 atom stereocenters. The van der Waals surface area contributed by atoms with Crippen molar-refractivity contribution in [1.82, 2.24) is 4.90 Å². The average molecular weight is 290 g/mol. The van der Waals surface area contributed by atoms with Gasteiger partial charge in [-0.25, -0.2) is 0 Å². The summed E-state index contributed by atoms with van der Waals surface area (Å²) in [5, 5.41) is 0. The lowest BCUT2D eigenvalue weighted by molar-refractivity contribution is -0.152. The van der Waals surface area contributed by atoms with E-state index in [0.717, 1.165) is 39.0 Å². The van der Waals surface area contributed by atoms with Gasteiger partial charge >= 0.3 is 0 Å². The Balaban J connectivity index is 2.00. The standard InChI is InChI=1S/C12H20BrNO2/c1-9-8-14(6-4-10(9)13)11(15)12(2)5-3-7-16-12/h9-10H,3-8H2,1-2H3. The zero-order valence-corrected chi connectivity index (χ0v) is 11.6. The van der Waals surface area contributed by atoms with Crippen molar-refractivity contribution in [2.45, 2.75) is 43.5 Å². The van der Waals surface area contributed by atoms with E-state index in [1.54, 1.807) is 0 Å². The molecule has 4 heteroatoms. The second kappa shape index (κ2) is 4.65. The van der Waals surface area contributed by atoms with E-state index in [4.69, 9.17) is 4.74 Å². The predicted molar refractivity (Wildman–Crippen MR) is 66.7 cm³/mol. The maximum absolute atomic E-state index is 12.4. The number of carbonyl (C=O) groups is 1. The van der Waals surface area contributed by atoms with Gasteiger partial charge in [-0.05, 0) is 32.1 Å². The van der Waals surface area contributed by atoms with E-state index in [-0.39, 0.29) is 5.91 Å². The number of amides is 1. The summed E-state index contributed by atoms with van der Waals surface area (Å²) in [6.45, 7) is 6.57. The molecule has 2 rings (SSSR count). The molecular formula is C12H20BrNO2. The monoisotopic (exact) mass is 289 g/mol. The minimum absolute atomic E-state index is 0.191. The van der Waals surface area contributed by atoms with Gasteiger partial charge in [0, 0.05) is 24.5 Å². The SMILES string of the molecule is CC1CN(C(=O)C2(C)CCCO2)CCC1Br. The van der Waals surface area contributed by atoms with E-state index in [9.17, 15) is 4.79 Å². The first-order valence-electron chi connectivity index (χ1n) is 6.10. The van der Waals surface area contributed by atoms with Gasteiger partial charge in [-0.3, -0.25) is 4.79 Å². The van der Waals surface area contributed by atoms with E-state index in [2.05, 4.69) is 22.9 Å². The summed E-state index contributed by atoms with van der Waals surface area (Å²) in [6.07, 6.45) is 2.92. The molecule has 1 amide bonds. The number of hydrogen-bond acceptors (Lipinski definition) is 2. The first-order chi connectivity index (χ1) is 7.53. The molecule has 2 aliphatic heterocycles. The molecule has 0 aromatic carbocycles. The van der Waals surface area contributed by atoms with Crippen LogP contribution in [0.1, 0.15) is 33.1 Å². The van der Waals surface area contributed by atoms with Gasteiger partial charge in [0.2, 0.25) is 0 Å². The molecule has 2 aliphatic rings. The molecule has 3 nitrogen and oxygen atoms in total. The molecular weight excluding hydrogens is 270 g/mol. The summed E-state index contributed by atoms with van der Waals surface area (Å²) in [6, 6.07) is 0. The van der Waals surface area contributed by atoms with E-state index >= 15 is 0 Å². The largest absolute Gasteiger partial charge is 0.365 e. The highest BCUT2D eigenvalue weighted by Crippen LogP contribution is 2.30. The van der Waals surface area contributed by atoms with Gasteiger partial charge in [0.05, 0.1) is 0 Å². The smallest absolute Gasteiger partial charge is 0.254 e. The van der Waals surface area contributed by atoms with Crippen LogP contribution < -0.4 is 0 Å². The highest BCUT2D eigenvalue weighted by atomic mass is 79.9. The Morgan fingerprint density at radius 3 is 2.88 bits per heavy atom. The van der Waals surface area contributed by atoms with E-state index in [1.807, 2.05) is 11.8 Å². The van der Waals surface area contributed by atoms with Crippen LogP contribution in [-0.4, -0.2) is 40.9 Å². The van der Waals surface area contributed by atoms with Crippen LogP contribution in [0.2, 0.25) is 0 Å². The molecule has 3 unspecified atom stereocenters. The van der Waals surface area contributed by atoms with Crippen LogP contribution in [0.25, 0.3) is 0 Å². The number of carbonyl (C=O) groups excluding carboxylic acids is 1. The lowest BCUT2D eigenvalue weighted by Gasteiger charge is -2.38. The minimum Gasteiger partial charge on any atom is -0.365 e. The third kappa shape index (κ3) is 2.28. The van der Waals surface area contributed by atoms with Crippen LogP contribution in [-0.2, 0) is 9.53 Å². The normalized spacial score (nSPS) is 40.1. The predicted octanol–water partition coefficient (Wildman–Crippen LogP) is 2.19. The van der Waals surface area contributed by atoms with Gasteiger partial charge in [0.25, 0.3) is 5.91 Å². The third-order valence-corrected chi connectivity index (χ3v) is 5.12. The summed E-state index contributed by atoms with van der Waals surface area (Å²) in [4.78, 5) is 14.9. The summed E-state index contributed by atoms with van der Waals surface area (Å²) >= 11 is 3.66. The van der Waals surface area contributed by atoms with E-state index < -0.39 is 5.60 Å². The fourth-order valence-electron chi connectivity index (χ4n) is 2.58. The van der Waals surface area contributed by atoms with Gasteiger partial charge < -0.3 is 9.64 Å². The molecule has 2 heterocycles. The molecule has 0 saturated carbocycles. The van der Waals surface area contributed by atoms with Crippen molar-refractivity contribution in [2.24, 2.45) is 5.92 Å². The number of likely N-dealkylation sites (tertiary alicyclic amines) is 1. The quantitative estimate of drug-likeness (QED) is 0.693. The number of hydrogen-bond donors (Lipinski definition) is 0. The zero-order valence-electron chi connectivity index (χ0n) is 10.0. The van der Waals surface area contributed by atoms with Gasteiger partial charge in [-0.1, -0.05) is 22.9 Å². The summed E-state index contributed by atoms with van der Waals surface area (Å²) < 4.78 is 5.61. The Labute approximate surface area is 106 Å². The molecule has 0 N–H and O–H groups in total. The topological polar surface area (TPSA) is 29.5 Å². The fraction of sp³-hybridized carbons (Fsp3) is 0.917. The second-order valence-electron chi connectivity index (χ2n) is 5.22. The van der Waals surface area contributed by atoms with Crippen LogP contribution in [0, 0.1) is 5.92 Å². The van der Waals surface area contributed by atoms with Crippen molar-refractivity contribution in [2.75, 3.05) is 19.7 Å². The highest BCUT2D eigenvalue weighted by molar-refractivity contribution is 9.09. The van der Waals surface area contributed by atoms with Gasteiger partial charge in [-0.2, -0.15) is 0 Å². The fourth-order valence-corrected chi connectivity index (χ4v) is 2.96. The first-order valence-corrected chi connectivity index (χ1v) is 7.02. The maximum atomic E-state index is 12.4. The zero-order chi connectivity index (χ0) is 11.8. The van der Waals surface area contributed by atoms with Gasteiger partial charge in [0.15, 0.2) is 0 Å². The first kappa shape index (κ1) is 12.4. The van der Waals surface area contributed by atoms with Crippen LogP contribution in [0.15, 0.2) is 0 Å². The molecule has 0 spiro atoms. The molecule has 2 fully saturated rings. The van der Waals surface area contributed by atoms with Crippen LogP contribution >= 0.6 is 15.9 Å². The Hall–Kier alpha value is -0.0900. The Bertz CT molecular complexity index is 276. The molecule has 92 valence electrons. The van der Waals surface area contributed by atoms with Crippen LogP contribution in [0.3, 0.4) is 0 Å². The van der Waals surface area contributed by atoms with Crippen molar-refractivity contribution in [3.05, 3.63) is 0 Å². The number of halogens is 1. The lowest BCUT2D eigenvalue weighted by atomic mass is 9.95. The number of piperidine rings is 1. The van der Waals surface area contributed by atoms with Crippen molar-refractivity contribution in [3.8, 4) is 0 Å². The minimum atomic E-state index is -0.543. The van der Waals surface area contributed by atoms with Gasteiger partial charge in [0.1, 0.15) is 5.60 Å². The molecule has 2 saturated heterocycles. The molecule has 0 aromatic rings. The number of alkyl halides is 1. The summed E-state index contributed by atoms with van der Waals surface area (Å²) in [5.41, 5.74) is -0.543. The van der Waals surface area contributed by atoms with Crippen molar-refractivity contribution < 1.29 is 9.53 Å². The van der Waals surface area contributed by atoms with Crippen molar-refractivity contribution >= 4 is 21.8 Å². The summed E-state index contributed by atoms with van der Waals surface area (Å²) in [7, 11) is 0. The number of nitrogens with zero attached hydrogens (tertiary/aromatic N) is 1. The van der Waals surface area contributed by atoms with Gasteiger partial charge in [-0.15, -0.1) is 0 Å². The maximum Gasteiger partial charge on any atom is 0.254 e. The Kier molecular flexibility index (Phi) is 3.59. The third-order valence-electron chi connectivity index (χ3n) is 3.76. The Morgan fingerprint density at radius 2 is 2.31 bits per heavy atom. The van der Waals surface area contributed by atoms with Crippen molar-refractivity contribution in [1.29, 1.82) is 0 Å². The molecule has 0 radical (unpaired) electrons. The van der Waals surface area contributed by atoms with Crippen LogP contribution in [0.5, 0.6) is 0 Å². The summed E-state index contributed by atoms with van der Waals surface area (Å²) in [5.74, 6) is 0.721. The van der Waals surface area contributed by atoms with E-state index in [1.165, 1.54) is 0 Å². The molecule has 0 aromatic heterocycles. The van der Waals surface area contributed by atoms with E-state index in [0.29, 0.717) is 10.7 Å². The number of ether oxygens (including phenoxy) is 1. The molecule has 0 aliphatic carbocycles. The van der Waals surface area contributed by atoms with Crippen LogP contribution in [0.4, 0.5) is 0 Å². The average Bonchev–Trinajstić information content (AvgIpc) is 2.70. The highest BCUT2D eigenvalue weighted by Gasteiger charge is 2.42. The Morgan fingerprint density at radius 1 is 1.56 bits per heavy atom.